The lowest BCUT2D eigenvalue weighted by Gasteiger charge is -2.12. The molecule has 2 aliphatic heterocycles. The van der Waals surface area contributed by atoms with Gasteiger partial charge in [-0.3, -0.25) is 4.79 Å². The average Bonchev–Trinajstić information content (AvgIpc) is 2.95. The van der Waals surface area contributed by atoms with Gasteiger partial charge in [-0.2, -0.15) is 0 Å². The molecule has 0 saturated heterocycles. The highest BCUT2D eigenvalue weighted by atomic mass is 35.5. The van der Waals surface area contributed by atoms with Crippen LogP contribution >= 0.6 is 11.6 Å². The number of hydrogen-bond donors (Lipinski definition) is 1. The molecule has 0 saturated carbocycles. The summed E-state index contributed by atoms with van der Waals surface area (Å²) in [7, 11) is 0. The van der Waals surface area contributed by atoms with Gasteiger partial charge in [-0.1, -0.05) is 11.6 Å². The minimum atomic E-state index is -0.207. The molecule has 0 atom stereocenters. The Morgan fingerprint density at radius 3 is 2.76 bits per heavy atom. The molecular formula is C18H16ClNO5. The molecule has 2 aliphatic rings. The molecule has 2 aromatic rings. The highest BCUT2D eigenvalue weighted by Gasteiger charge is 2.18. The van der Waals surface area contributed by atoms with Crippen molar-refractivity contribution < 1.29 is 23.7 Å². The molecule has 0 unspecified atom stereocenters. The quantitative estimate of drug-likeness (QED) is 0.909. The van der Waals surface area contributed by atoms with Crippen molar-refractivity contribution in [3.63, 3.8) is 0 Å². The van der Waals surface area contributed by atoms with Crippen LogP contribution < -0.4 is 24.3 Å². The van der Waals surface area contributed by atoms with Gasteiger partial charge in [0.15, 0.2) is 23.0 Å². The number of benzene rings is 2. The second-order valence-electron chi connectivity index (χ2n) is 5.71. The maximum atomic E-state index is 12.4. The fraction of sp³-hybridized carbons (Fsp3) is 0.278. The fourth-order valence-corrected chi connectivity index (χ4v) is 3.00. The minimum Gasteiger partial charge on any atom is -0.489 e. The maximum absolute atomic E-state index is 12.4. The standard InChI is InChI=1S/C18H16ClNO5/c19-13-6-11(7-16-17(13)23-5-1-4-22-16)9-20-18(21)12-2-3-14-15(8-12)25-10-24-14/h2-3,6-8H,1,4-5,9-10H2,(H,20,21). The SMILES string of the molecule is O=C(NCc1cc(Cl)c2c(c1)OCCCO2)c1ccc2c(c1)OCO2. The first kappa shape index (κ1) is 15.9. The molecule has 0 radical (unpaired) electrons. The largest absolute Gasteiger partial charge is 0.489 e. The Bertz CT molecular complexity index is 823. The second kappa shape index (κ2) is 6.72. The Morgan fingerprint density at radius 2 is 1.84 bits per heavy atom. The number of rotatable bonds is 3. The summed E-state index contributed by atoms with van der Waals surface area (Å²) in [6, 6.07) is 8.70. The van der Waals surface area contributed by atoms with Gasteiger partial charge in [0.2, 0.25) is 6.79 Å². The number of carbonyl (C=O) groups excluding carboxylic acids is 1. The molecule has 7 heteroatoms. The first-order valence-corrected chi connectivity index (χ1v) is 8.34. The molecule has 0 aliphatic carbocycles. The molecule has 130 valence electrons. The van der Waals surface area contributed by atoms with E-state index in [2.05, 4.69) is 5.32 Å². The van der Waals surface area contributed by atoms with Gasteiger partial charge < -0.3 is 24.3 Å². The van der Waals surface area contributed by atoms with E-state index in [1.165, 1.54) is 0 Å². The molecule has 0 aromatic heterocycles. The van der Waals surface area contributed by atoms with Crippen molar-refractivity contribution in [3.05, 3.63) is 46.5 Å². The number of fused-ring (bicyclic) bond motifs is 2. The van der Waals surface area contributed by atoms with Crippen molar-refractivity contribution in [2.75, 3.05) is 20.0 Å². The van der Waals surface area contributed by atoms with Crippen LogP contribution in [0.3, 0.4) is 0 Å². The molecule has 2 aromatic carbocycles. The normalized spacial score (nSPS) is 14.8. The molecule has 0 spiro atoms. The third-order valence-corrected chi connectivity index (χ3v) is 4.23. The van der Waals surface area contributed by atoms with Crippen molar-refractivity contribution in [1.82, 2.24) is 5.32 Å². The summed E-state index contributed by atoms with van der Waals surface area (Å²) in [6.07, 6.45) is 0.807. The lowest BCUT2D eigenvalue weighted by atomic mass is 10.1. The van der Waals surface area contributed by atoms with E-state index in [1.54, 1.807) is 24.3 Å². The van der Waals surface area contributed by atoms with E-state index in [-0.39, 0.29) is 12.7 Å². The van der Waals surface area contributed by atoms with Crippen molar-refractivity contribution in [3.8, 4) is 23.0 Å². The third-order valence-electron chi connectivity index (χ3n) is 3.95. The summed E-state index contributed by atoms with van der Waals surface area (Å²) in [5, 5.41) is 3.34. The molecule has 4 rings (SSSR count). The predicted molar refractivity (Wildman–Crippen MR) is 90.8 cm³/mol. The monoisotopic (exact) mass is 361 g/mol. The van der Waals surface area contributed by atoms with Crippen LogP contribution in [0, 0.1) is 0 Å². The topological polar surface area (TPSA) is 66.0 Å². The van der Waals surface area contributed by atoms with Gasteiger partial charge in [-0.25, -0.2) is 0 Å². The van der Waals surface area contributed by atoms with E-state index in [0.717, 1.165) is 12.0 Å². The number of ether oxygens (including phenoxy) is 4. The molecular weight excluding hydrogens is 346 g/mol. The Morgan fingerprint density at radius 1 is 1.00 bits per heavy atom. The van der Waals surface area contributed by atoms with Gasteiger partial charge in [0, 0.05) is 18.5 Å². The molecule has 0 fully saturated rings. The Kier molecular flexibility index (Phi) is 4.28. The van der Waals surface area contributed by atoms with Crippen molar-refractivity contribution in [2.45, 2.75) is 13.0 Å². The smallest absolute Gasteiger partial charge is 0.251 e. The maximum Gasteiger partial charge on any atom is 0.251 e. The van der Waals surface area contributed by atoms with Crippen LogP contribution in [0.4, 0.5) is 0 Å². The zero-order valence-electron chi connectivity index (χ0n) is 13.3. The molecule has 1 amide bonds. The predicted octanol–water partition coefficient (Wildman–Crippen LogP) is 3.16. The number of nitrogens with one attached hydrogen (secondary N) is 1. The van der Waals surface area contributed by atoms with Crippen LogP contribution in [-0.4, -0.2) is 25.9 Å². The highest BCUT2D eigenvalue weighted by Crippen LogP contribution is 2.38. The first-order valence-electron chi connectivity index (χ1n) is 7.96. The van der Waals surface area contributed by atoms with Crippen molar-refractivity contribution >= 4 is 17.5 Å². The summed E-state index contributed by atoms with van der Waals surface area (Å²) in [4.78, 5) is 12.4. The van der Waals surface area contributed by atoms with Crippen LogP contribution in [-0.2, 0) is 6.54 Å². The van der Waals surface area contributed by atoms with Crippen molar-refractivity contribution in [2.24, 2.45) is 0 Å². The number of hydrogen-bond acceptors (Lipinski definition) is 5. The number of carbonyl (C=O) groups is 1. The van der Waals surface area contributed by atoms with Crippen LogP contribution in [0.2, 0.25) is 5.02 Å². The molecule has 6 nitrogen and oxygen atoms in total. The Hall–Kier alpha value is -2.60. The fourth-order valence-electron chi connectivity index (χ4n) is 2.71. The molecule has 0 bridgehead atoms. The second-order valence-corrected chi connectivity index (χ2v) is 6.11. The Balaban J connectivity index is 1.47. The zero-order valence-corrected chi connectivity index (χ0v) is 14.1. The number of halogens is 1. The van der Waals surface area contributed by atoms with E-state index in [1.807, 2.05) is 6.07 Å². The van der Waals surface area contributed by atoms with Crippen LogP contribution in [0.25, 0.3) is 0 Å². The van der Waals surface area contributed by atoms with E-state index >= 15 is 0 Å². The summed E-state index contributed by atoms with van der Waals surface area (Å²) in [5.74, 6) is 2.18. The van der Waals surface area contributed by atoms with Gasteiger partial charge in [-0.05, 0) is 35.9 Å². The van der Waals surface area contributed by atoms with Gasteiger partial charge in [0.25, 0.3) is 5.91 Å². The van der Waals surface area contributed by atoms with Gasteiger partial charge >= 0.3 is 0 Å². The van der Waals surface area contributed by atoms with Gasteiger partial charge in [0.05, 0.1) is 18.2 Å². The van der Waals surface area contributed by atoms with Gasteiger partial charge in [-0.15, -0.1) is 0 Å². The summed E-state index contributed by atoms with van der Waals surface area (Å²) < 4.78 is 21.8. The molecule has 25 heavy (non-hydrogen) atoms. The lowest BCUT2D eigenvalue weighted by Crippen LogP contribution is -2.22. The Labute approximate surface area is 149 Å². The van der Waals surface area contributed by atoms with Crippen LogP contribution in [0.5, 0.6) is 23.0 Å². The summed E-state index contributed by atoms with van der Waals surface area (Å²) in [5.41, 5.74) is 1.34. The summed E-state index contributed by atoms with van der Waals surface area (Å²) >= 11 is 6.27. The zero-order chi connectivity index (χ0) is 17.2. The highest BCUT2D eigenvalue weighted by molar-refractivity contribution is 6.32. The third kappa shape index (κ3) is 3.30. The van der Waals surface area contributed by atoms with E-state index in [9.17, 15) is 4.79 Å². The van der Waals surface area contributed by atoms with E-state index in [0.29, 0.717) is 53.3 Å². The number of amides is 1. The average molecular weight is 362 g/mol. The van der Waals surface area contributed by atoms with E-state index < -0.39 is 0 Å². The minimum absolute atomic E-state index is 0.177. The van der Waals surface area contributed by atoms with Crippen LogP contribution in [0.15, 0.2) is 30.3 Å². The summed E-state index contributed by atoms with van der Waals surface area (Å²) in [6.45, 7) is 1.66. The lowest BCUT2D eigenvalue weighted by molar-refractivity contribution is 0.0950. The first-order chi connectivity index (χ1) is 12.2. The van der Waals surface area contributed by atoms with Gasteiger partial charge in [0.1, 0.15) is 0 Å². The molecule has 1 N–H and O–H groups in total. The van der Waals surface area contributed by atoms with E-state index in [4.69, 9.17) is 30.5 Å². The van der Waals surface area contributed by atoms with Crippen LogP contribution in [0.1, 0.15) is 22.3 Å². The molecule has 2 heterocycles. The van der Waals surface area contributed by atoms with Crippen molar-refractivity contribution in [1.29, 1.82) is 0 Å².